The minimum atomic E-state index is 0.0546. The van der Waals surface area contributed by atoms with Gasteiger partial charge in [0.05, 0.1) is 39.8 Å². The number of nitrogens with zero attached hydrogens (tertiary/aromatic N) is 1. The van der Waals surface area contributed by atoms with Crippen molar-refractivity contribution >= 4 is 17.3 Å². The number of piperazine rings is 1. The third-order valence-corrected chi connectivity index (χ3v) is 5.70. The van der Waals surface area contributed by atoms with Crippen molar-refractivity contribution in [1.82, 2.24) is 0 Å². The van der Waals surface area contributed by atoms with Crippen LogP contribution in [0.5, 0.6) is 0 Å². The normalized spacial score (nSPS) is 16.0. The molecule has 2 aromatic carbocycles. The van der Waals surface area contributed by atoms with Gasteiger partial charge in [0.1, 0.15) is 6.54 Å². The summed E-state index contributed by atoms with van der Waals surface area (Å²) < 4.78 is 0. The molecule has 1 heterocycles. The maximum absolute atomic E-state index is 12.4. The molecule has 1 atom stereocenters. The summed E-state index contributed by atoms with van der Waals surface area (Å²) in [6.45, 7) is 11.5. The molecule has 1 aliphatic rings. The predicted octanol–water partition coefficient (Wildman–Crippen LogP) is 0.373. The molecule has 0 saturated carbocycles. The van der Waals surface area contributed by atoms with E-state index in [9.17, 15) is 4.79 Å². The molecule has 3 rings (SSSR count). The first-order chi connectivity index (χ1) is 13.5. The van der Waals surface area contributed by atoms with Crippen molar-refractivity contribution in [2.24, 2.45) is 0 Å². The van der Waals surface area contributed by atoms with Crippen LogP contribution in [0.15, 0.2) is 48.5 Å². The van der Waals surface area contributed by atoms with Gasteiger partial charge in [-0.2, -0.15) is 0 Å². The number of nitrogens with one attached hydrogen (secondary N) is 3. The molecule has 1 amide bonds. The SMILES string of the molecule is CC[NH+]1CCN(c2ccc(NC(=O)C[NH+](C)Cc3ccccc3C)cc2)CC1. The first kappa shape index (κ1) is 20.4. The van der Waals surface area contributed by atoms with Crippen LogP contribution in [0.4, 0.5) is 11.4 Å². The molecule has 0 radical (unpaired) electrons. The summed E-state index contributed by atoms with van der Waals surface area (Å²) in [5, 5.41) is 3.04. The summed E-state index contributed by atoms with van der Waals surface area (Å²) in [6, 6.07) is 16.6. The number of amides is 1. The average Bonchev–Trinajstić information content (AvgIpc) is 2.70. The van der Waals surface area contributed by atoms with E-state index in [1.54, 1.807) is 4.90 Å². The molecule has 1 saturated heterocycles. The van der Waals surface area contributed by atoms with Gasteiger partial charge in [-0.3, -0.25) is 4.79 Å². The van der Waals surface area contributed by atoms with Gasteiger partial charge in [-0.05, 0) is 43.7 Å². The van der Waals surface area contributed by atoms with Gasteiger partial charge in [-0.25, -0.2) is 0 Å². The lowest BCUT2D eigenvalue weighted by molar-refractivity contribution is -0.898. The van der Waals surface area contributed by atoms with Crippen LogP contribution < -0.4 is 20.0 Å². The highest BCUT2D eigenvalue weighted by molar-refractivity contribution is 5.91. The molecule has 1 fully saturated rings. The van der Waals surface area contributed by atoms with Gasteiger partial charge in [-0.15, -0.1) is 0 Å². The molecule has 3 N–H and O–H groups in total. The Morgan fingerprint density at radius 1 is 1.11 bits per heavy atom. The highest BCUT2D eigenvalue weighted by Crippen LogP contribution is 2.17. The van der Waals surface area contributed by atoms with Crippen LogP contribution >= 0.6 is 0 Å². The van der Waals surface area contributed by atoms with Gasteiger partial charge in [0, 0.05) is 16.9 Å². The fourth-order valence-corrected chi connectivity index (χ4v) is 3.87. The summed E-state index contributed by atoms with van der Waals surface area (Å²) in [4.78, 5) is 17.7. The van der Waals surface area contributed by atoms with E-state index >= 15 is 0 Å². The maximum atomic E-state index is 12.4. The van der Waals surface area contributed by atoms with Crippen molar-refractivity contribution < 1.29 is 14.6 Å². The Kier molecular flexibility index (Phi) is 7.06. The summed E-state index contributed by atoms with van der Waals surface area (Å²) in [5.41, 5.74) is 4.69. The van der Waals surface area contributed by atoms with Crippen LogP contribution in [0.25, 0.3) is 0 Å². The van der Waals surface area contributed by atoms with E-state index in [1.807, 2.05) is 12.1 Å². The number of carbonyl (C=O) groups is 1. The first-order valence-electron chi connectivity index (χ1n) is 10.4. The number of anilines is 2. The van der Waals surface area contributed by atoms with E-state index in [4.69, 9.17) is 0 Å². The summed E-state index contributed by atoms with van der Waals surface area (Å²) in [6.07, 6.45) is 0. The van der Waals surface area contributed by atoms with E-state index in [-0.39, 0.29) is 5.91 Å². The second kappa shape index (κ2) is 9.71. The standard InChI is InChI=1S/C23H32N4O/c1-4-26-13-15-27(16-14-26)22-11-9-21(10-12-22)24-23(28)18-25(3)17-20-8-6-5-7-19(20)2/h5-12H,4,13-18H2,1-3H3,(H,24,28)/p+2. The van der Waals surface area contributed by atoms with Crippen LogP contribution in [0.1, 0.15) is 18.1 Å². The second-order valence-corrected chi connectivity index (χ2v) is 7.92. The Labute approximate surface area is 168 Å². The van der Waals surface area contributed by atoms with Crippen molar-refractivity contribution in [3.05, 3.63) is 59.7 Å². The quantitative estimate of drug-likeness (QED) is 0.648. The molecule has 1 aliphatic heterocycles. The topological polar surface area (TPSA) is 41.2 Å². The lowest BCUT2D eigenvalue weighted by Gasteiger charge is -2.33. The Bertz CT molecular complexity index is 766. The second-order valence-electron chi connectivity index (χ2n) is 7.92. The number of rotatable bonds is 7. The van der Waals surface area contributed by atoms with Gasteiger partial charge in [-0.1, -0.05) is 24.3 Å². The number of hydrogen-bond donors (Lipinski definition) is 3. The van der Waals surface area contributed by atoms with Crippen LogP contribution in [0.2, 0.25) is 0 Å². The van der Waals surface area contributed by atoms with Crippen molar-refractivity contribution in [2.45, 2.75) is 20.4 Å². The fourth-order valence-electron chi connectivity index (χ4n) is 3.87. The van der Waals surface area contributed by atoms with Gasteiger partial charge in [0.15, 0.2) is 6.54 Å². The zero-order valence-corrected chi connectivity index (χ0v) is 17.4. The van der Waals surface area contributed by atoms with E-state index in [0.717, 1.165) is 25.3 Å². The van der Waals surface area contributed by atoms with Crippen LogP contribution in [0, 0.1) is 6.92 Å². The smallest absolute Gasteiger partial charge is 0.279 e. The van der Waals surface area contributed by atoms with Crippen LogP contribution in [-0.4, -0.2) is 52.2 Å². The molecule has 150 valence electrons. The monoisotopic (exact) mass is 382 g/mol. The third-order valence-electron chi connectivity index (χ3n) is 5.70. The molecular formula is C23H34N4O+2. The summed E-state index contributed by atoms with van der Waals surface area (Å²) in [5.74, 6) is 0.0546. The van der Waals surface area contributed by atoms with E-state index in [1.165, 1.54) is 41.3 Å². The first-order valence-corrected chi connectivity index (χ1v) is 10.4. The molecule has 0 spiro atoms. The number of hydrogen-bond acceptors (Lipinski definition) is 2. The van der Waals surface area contributed by atoms with Crippen LogP contribution in [-0.2, 0) is 11.3 Å². The highest BCUT2D eigenvalue weighted by atomic mass is 16.2. The Hall–Kier alpha value is -2.37. The summed E-state index contributed by atoms with van der Waals surface area (Å²) in [7, 11) is 2.06. The molecule has 0 aliphatic carbocycles. The van der Waals surface area contributed by atoms with Crippen molar-refractivity contribution in [1.29, 1.82) is 0 Å². The molecular weight excluding hydrogens is 348 g/mol. The number of quaternary nitrogens is 2. The van der Waals surface area contributed by atoms with Gasteiger partial charge in [0.25, 0.3) is 5.91 Å². The molecule has 0 bridgehead atoms. The predicted molar refractivity (Wildman–Crippen MR) is 115 cm³/mol. The molecule has 5 nitrogen and oxygen atoms in total. The zero-order chi connectivity index (χ0) is 19.9. The van der Waals surface area contributed by atoms with E-state index in [2.05, 4.69) is 67.5 Å². The Morgan fingerprint density at radius 2 is 1.79 bits per heavy atom. The molecule has 28 heavy (non-hydrogen) atoms. The maximum Gasteiger partial charge on any atom is 0.279 e. The lowest BCUT2D eigenvalue weighted by Crippen LogP contribution is -3.14. The van der Waals surface area contributed by atoms with Crippen molar-refractivity contribution in [3.8, 4) is 0 Å². The third kappa shape index (κ3) is 5.57. The highest BCUT2D eigenvalue weighted by Gasteiger charge is 2.18. The number of benzene rings is 2. The van der Waals surface area contributed by atoms with Gasteiger partial charge >= 0.3 is 0 Å². The largest absolute Gasteiger partial charge is 0.360 e. The minimum absolute atomic E-state index is 0.0546. The lowest BCUT2D eigenvalue weighted by atomic mass is 10.1. The fraction of sp³-hybridized carbons (Fsp3) is 0.435. The number of likely N-dealkylation sites (N-methyl/N-ethyl adjacent to an activating group) is 2. The molecule has 5 heteroatoms. The van der Waals surface area contributed by atoms with Crippen molar-refractivity contribution in [3.63, 3.8) is 0 Å². The van der Waals surface area contributed by atoms with Crippen molar-refractivity contribution in [2.75, 3.05) is 56.5 Å². The van der Waals surface area contributed by atoms with Crippen LogP contribution in [0.3, 0.4) is 0 Å². The molecule has 1 unspecified atom stereocenters. The molecule has 0 aromatic heterocycles. The molecule has 2 aromatic rings. The minimum Gasteiger partial charge on any atom is -0.360 e. The number of aryl methyl sites for hydroxylation is 1. The van der Waals surface area contributed by atoms with E-state index in [0.29, 0.717) is 6.54 Å². The Balaban J connectivity index is 1.48. The Morgan fingerprint density at radius 3 is 2.43 bits per heavy atom. The zero-order valence-electron chi connectivity index (χ0n) is 17.4. The average molecular weight is 383 g/mol. The summed E-state index contributed by atoms with van der Waals surface area (Å²) >= 11 is 0. The van der Waals surface area contributed by atoms with E-state index < -0.39 is 0 Å². The van der Waals surface area contributed by atoms with Gasteiger partial charge < -0.3 is 20.0 Å². The number of carbonyl (C=O) groups excluding carboxylic acids is 1. The van der Waals surface area contributed by atoms with Gasteiger partial charge in [0.2, 0.25) is 0 Å².